The molecule has 3 unspecified atom stereocenters. The fourth-order valence-electron chi connectivity index (χ4n) is 14.1. The van der Waals surface area contributed by atoms with Crippen LogP contribution in [0.4, 0.5) is 9.59 Å². The second kappa shape index (κ2) is 26.7. The number of carbonyl (C=O) groups excluding carboxylic acids is 5. The molecule has 0 bridgehead atoms. The minimum absolute atomic E-state index is 0. The van der Waals surface area contributed by atoms with Crippen molar-refractivity contribution in [1.29, 1.82) is 0 Å². The molecule has 454 valence electrons. The van der Waals surface area contributed by atoms with Crippen LogP contribution in [0.1, 0.15) is 213 Å². The van der Waals surface area contributed by atoms with E-state index in [9.17, 15) is 24.0 Å². The SMILES string of the molecule is C.CCOC(=O)C(C)(C)C1CC2(CCN(C(=O)OC(C)(C)C)CC2)c2c(Br)cccc21.CCOC(=O)C(C)(C)C1CC2(CCNCC2)c2c(Br)cccc21.CCOC(=O)CC1CC2(CCN(C(=O)OC(C)(C)C)CC2)c2c(Br)cccc21. The van der Waals surface area contributed by atoms with Gasteiger partial charge in [-0.3, -0.25) is 14.4 Å². The van der Waals surface area contributed by atoms with Crippen molar-refractivity contribution in [3.05, 3.63) is 101 Å². The molecule has 3 spiro atoms. The maximum Gasteiger partial charge on any atom is 0.410 e. The van der Waals surface area contributed by atoms with Gasteiger partial charge in [0, 0.05) is 62.3 Å². The van der Waals surface area contributed by atoms with Crippen LogP contribution in [0.2, 0.25) is 0 Å². The zero-order valence-corrected chi connectivity index (χ0v) is 55.2. The fraction of sp³-hybridized carbons (Fsp3) is 0.652. The molecule has 3 aliphatic heterocycles. The highest BCUT2D eigenvalue weighted by molar-refractivity contribution is 9.11. The fourth-order valence-corrected chi connectivity index (χ4v) is 16.5. The van der Waals surface area contributed by atoms with Gasteiger partial charge in [0.05, 0.1) is 37.1 Å². The largest absolute Gasteiger partial charge is 0.466 e. The Morgan fingerprint density at radius 2 is 0.854 bits per heavy atom. The van der Waals surface area contributed by atoms with Crippen molar-refractivity contribution in [1.82, 2.24) is 15.1 Å². The van der Waals surface area contributed by atoms with Crippen LogP contribution in [0.25, 0.3) is 0 Å². The molecule has 16 heteroatoms. The van der Waals surface area contributed by atoms with Gasteiger partial charge in [-0.2, -0.15) is 0 Å². The van der Waals surface area contributed by atoms with Crippen molar-refractivity contribution >= 4 is 77.9 Å². The number of esters is 3. The van der Waals surface area contributed by atoms with E-state index in [0.29, 0.717) is 52.4 Å². The molecule has 3 fully saturated rings. The minimum atomic E-state index is -0.614. The van der Waals surface area contributed by atoms with E-state index in [4.69, 9.17) is 23.7 Å². The lowest BCUT2D eigenvalue weighted by molar-refractivity contribution is -0.155. The van der Waals surface area contributed by atoms with E-state index < -0.39 is 22.0 Å². The zero-order chi connectivity index (χ0) is 59.5. The molecule has 3 aromatic rings. The van der Waals surface area contributed by atoms with Crippen LogP contribution in [0.3, 0.4) is 0 Å². The Morgan fingerprint density at radius 3 is 1.22 bits per heavy atom. The Labute approximate surface area is 515 Å². The normalized spacial score (nSPS) is 21.1. The highest BCUT2D eigenvalue weighted by Crippen LogP contribution is 2.61. The van der Waals surface area contributed by atoms with Crippen LogP contribution in [0, 0.1) is 10.8 Å². The first-order valence-corrected chi connectivity index (χ1v) is 31.9. The molecule has 13 nitrogen and oxygen atoms in total. The van der Waals surface area contributed by atoms with Gasteiger partial charge in [0.1, 0.15) is 11.2 Å². The first-order valence-electron chi connectivity index (χ1n) is 29.5. The van der Waals surface area contributed by atoms with E-state index in [1.54, 1.807) is 0 Å². The third-order valence-electron chi connectivity index (χ3n) is 18.1. The first kappa shape index (κ1) is 67.1. The second-order valence-corrected chi connectivity index (χ2v) is 29.0. The van der Waals surface area contributed by atoms with Crippen molar-refractivity contribution < 1.29 is 47.7 Å². The van der Waals surface area contributed by atoms with E-state index in [1.165, 1.54) is 37.9 Å². The highest BCUT2D eigenvalue weighted by Gasteiger charge is 2.55. The maximum atomic E-state index is 12.8. The lowest BCUT2D eigenvalue weighted by atomic mass is 9.70. The van der Waals surface area contributed by atoms with Crippen LogP contribution in [-0.4, -0.2) is 110 Å². The number of fused-ring (bicyclic) bond motifs is 6. The summed E-state index contributed by atoms with van der Waals surface area (Å²) in [6, 6.07) is 19.0. The van der Waals surface area contributed by atoms with Gasteiger partial charge in [0.25, 0.3) is 0 Å². The number of hydrogen-bond donors (Lipinski definition) is 1. The van der Waals surface area contributed by atoms with Crippen LogP contribution in [0.15, 0.2) is 68.0 Å². The Balaban J connectivity index is 0.000000198. The summed E-state index contributed by atoms with van der Waals surface area (Å²) in [7, 11) is 0. The molecule has 3 saturated heterocycles. The number of nitrogens with one attached hydrogen (secondary N) is 1. The summed E-state index contributed by atoms with van der Waals surface area (Å²) < 4.78 is 30.5. The Hall–Kier alpha value is -3.99. The molecule has 0 aromatic heterocycles. The molecule has 0 saturated carbocycles. The first-order chi connectivity index (χ1) is 38.0. The van der Waals surface area contributed by atoms with Crippen LogP contribution in [0.5, 0.6) is 0 Å². The number of amides is 2. The molecule has 3 heterocycles. The summed E-state index contributed by atoms with van der Waals surface area (Å²) >= 11 is 11.3. The maximum absolute atomic E-state index is 12.8. The monoisotopic (exact) mass is 1330 g/mol. The molecule has 3 aliphatic carbocycles. The summed E-state index contributed by atoms with van der Waals surface area (Å²) in [5.74, 6) is 0.0941. The third kappa shape index (κ3) is 14.5. The van der Waals surface area contributed by atoms with Crippen molar-refractivity contribution in [3.63, 3.8) is 0 Å². The van der Waals surface area contributed by atoms with Crippen molar-refractivity contribution in [3.8, 4) is 0 Å². The number of benzene rings is 3. The Bertz CT molecular complexity index is 2760. The molecule has 6 aliphatic rings. The number of hydrogen-bond acceptors (Lipinski definition) is 11. The number of ether oxygens (including phenoxy) is 5. The van der Waals surface area contributed by atoms with Gasteiger partial charge in [-0.15, -0.1) is 0 Å². The van der Waals surface area contributed by atoms with Crippen LogP contribution < -0.4 is 5.32 Å². The predicted octanol–water partition coefficient (Wildman–Crippen LogP) is 15.7. The number of nitrogens with zero attached hydrogens (tertiary/aromatic N) is 2. The lowest BCUT2D eigenvalue weighted by Gasteiger charge is -2.41. The second-order valence-electron chi connectivity index (χ2n) is 26.4. The van der Waals surface area contributed by atoms with Crippen molar-refractivity contribution in [2.45, 2.75) is 207 Å². The van der Waals surface area contributed by atoms with Crippen molar-refractivity contribution in [2.24, 2.45) is 10.8 Å². The molecule has 0 radical (unpaired) electrons. The summed E-state index contributed by atoms with van der Waals surface area (Å²) in [5.41, 5.74) is 5.89. The number of piperidine rings is 3. The van der Waals surface area contributed by atoms with Gasteiger partial charge in [0.15, 0.2) is 0 Å². The number of likely N-dealkylation sites (tertiary alicyclic amines) is 2. The van der Waals surface area contributed by atoms with E-state index in [0.717, 1.165) is 79.8 Å². The average molecular weight is 1330 g/mol. The number of rotatable bonds is 9. The van der Waals surface area contributed by atoms with E-state index in [2.05, 4.69) is 95.6 Å². The standard InChI is InChI=1S/C24H34BrNO4.C22H30BrNO4.C19H26BrNO2.CH4/c1-7-29-20(27)23(5,6)17-15-24(19-16(17)9-8-10-18(19)25)11-13-26(14-12-24)21(28)30-22(2,3)4;1-5-27-18(25)13-15-14-22(19-16(15)7-6-8-17(19)23)9-11-24(12-10-22)20(26)28-21(2,3)4;1-4-23-17(22)18(2,3)14-12-19(8-10-21-11-9-19)16-13(14)6-5-7-15(16)20;/h8-10,17H,7,11-15H2,1-6H3;6-8,15H,5,9-14H2,1-4H3;5-7,14,21H,4,8-12H2,1-3H3;1H4. The molecule has 82 heavy (non-hydrogen) atoms. The van der Waals surface area contributed by atoms with Crippen LogP contribution >= 0.6 is 47.8 Å². The quantitative estimate of drug-likeness (QED) is 0.161. The van der Waals surface area contributed by atoms with Gasteiger partial charge in [-0.05, 0) is 224 Å². The topological polar surface area (TPSA) is 150 Å². The van der Waals surface area contributed by atoms with Gasteiger partial charge < -0.3 is 38.8 Å². The molecule has 3 aromatic carbocycles. The molecular formula is C66H94Br3N3O10. The Morgan fingerprint density at radius 1 is 0.512 bits per heavy atom. The van der Waals surface area contributed by atoms with E-state index in [1.807, 2.05) is 112 Å². The number of halogens is 3. The lowest BCUT2D eigenvalue weighted by Crippen LogP contribution is -2.46. The summed E-state index contributed by atoms with van der Waals surface area (Å²) in [6.07, 6.45) is 8.52. The van der Waals surface area contributed by atoms with Gasteiger partial charge >= 0.3 is 30.1 Å². The number of carbonyl (C=O) groups is 5. The predicted molar refractivity (Wildman–Crippen MR) is 335 cm³/mol. The average Bonchev–Trinajstić information content (AvgIpc) is 2.30. The highest BCUT2D eigenvalue weighted by atomic mass is 79.9. The summed E-state index contributed by atoms with van der Waals surface area (Å²) in [5, 5.41) is 3.48. The zero-order valence-electron chi connectivity index (χ0n) is 50.5. The van der Waals surface area contributed by atoms with Gasteiger partial charge in [0.2, 0.25) is 0 Å². The smallest absolute Gasteiger partial charge is 0.410 e. The Kier molecular flexibility index (Phi) is 21.9. The molecule has 2 amide bonds. The summed E-state index contributed by atoms with van der Waals surface area (Å²) in [4.78, 5) is 66.1. The molecular weight excluding hydrogens is 1230 g/mol. The van der Waals surface area contributed by atoms with E-state index >= 15 is 0 Å². The van der Waals surface area contributed by atoms with Gasteiger partial charge in [-0.1, -0.05) is 91.6 Å². The summed E-state index contributed by atoms with van der Waals surface area (Å²) in [6.45, 7) is 31.0. The molecule has 3 atom stereocenters. The minimum Gasteiger partial charge on any atom is -0.466 e. The third-order valence-corrected chi connectivity index (χ3v) is 20.1. The molecule has 9 rings (SSSR count). The van der Waals surface area contributed by atoms with Crippen LogP contribution in [-0.2, 0) is 54.3 Å². The van der Waals surface area contributed by atoms with Gasteiger partial charge in [-0.25, -0.2) is 9.59 Å². The van der Waals surface area contributed by atoms with Crippen molar-refractivity contribution in [2.75, 3.05) is 59.1 Å². The van der Waals surface area contributed by atoms with E-state index in [-0.39, 0.29) is 71.5 Å². The molecule has 1 N–H and O–H groups in total.